The van der Waals surface area contributed by atoms with E-state index in [0.717, 1.165) is 5.56 Å². The van der Waals surface area contributed by atoms with Crippen molar-refractivity contribution >= 4 is 0 Å². The van der Waals surface area contributed by atoms with Crippen molar-refractivity contribution in [2.75, 3.05) is 0 Å². The molecule has 2 nitrogen and oxygen atoms in total. The van der Waals surface area contributed by atoms with Gasteiger partial charge in [0.15, 0.2) is 0 Å². The normalized spacial score (nSPS) is 11.6. The molecule has 1 rings (SSSR count). The summed E-state index contributed by atoms with van der Waals surface area (Å²) in [6.07, 6.45) is 2.36. The van der Waals surface area contributed by atoms with E-state index in [4.69, 9.17) is 0 Å². The van der Waals surface area contributed by atoms with Gasteiger partial charge in [-0.05, 0) is 11.0 Å². The van der Waals surface area contributed by atoms with Crippen LogP contribution in [0.2, 0.25) is 0 Å². The second kappa shape index (κ2) is 2.57. The second-order valence-corrected chi connectivity index (χ2v) is 3.49. The first-order valence-electron chi connectivity index (χ1n) is 3.48. The van der Waals surface area contributed by atoms with Crippen LogP contribution in [0.5, 0.6) is 0 Å². The zero-order valence-electron chi connectivity index (χ0n) is 6.93. The highest BCUT2D eigenvalue weighted by molar-refractivity contribution is 5.13. The van der Waals surface area contributed by atoms with Crippen molar-refractivity contribution in [2.24, 2.45) is 0 Å². The molecule has 0 fully saturated rings. The van der Waals surface area contributed by atoms with Gasteiger partial charge in [0.2, 0.25) is 0 Å². The molecule has 0 aromatic carbocycles. The Hall–Kier alpha value is -0.990. The van der Waals surface area contributed by atoms with Gasteiger partial charge in [-0.1, -0.05) is 20.8 Å². The van der Waals surface area contributed by atoms with Gasteiger partial charge >= 0.3 is 6.08 Å². The number of halogens is 1. The molecule has 0 aliphatic carbocycles. The van der Waals surface area contributed by atoms with E-state index in [-0.39, 0.29) is 5.41 Å². The lowest BCUT2D eigenvalue weighted by atomic mass is 9.89. The molecule has 11 heavy (non-hydrogen) atoms. The number of aromatic nitrogens is 2. The summed E-state index contributed by atoms with van der Waals surface area (Å²) < 4.78 is 12.3. The van der Waals surface area contributed by atoms with Crippen LogP contribution in [0.25, 0.3) is 0 Å². The standard InChI is InChI=1S/C8H11FN2/c1-8(2,3)6-4-10-7(9)11-5-6/h4-5H,1-3H3/i9-1. The van der Waals surface area contributed by atoms with E-state index < -0.39 is 6.08 Å². The average Bonchev–Trinajstić information content (AvgIpc) is 1.86. The van der Waals surface area contributed by atoms with Gasteiger partial charge in [-0.15, -0.1) is 0 Å². The highest BCUT2D eigenvalue weighted by Crippen LogP contribution is 2.19. The van der Waals surface area contributed by atoms with Crippen LogP contribution in [0.3, 0.4) is 0 Å². The minimum atomic E-state index is -0.669. The number of nitrogens with zero attached hydrogens (tertiary/aromatic N) is 2. The van der Waals surface area contributed by atoms with E-state index in [1.165, 1.54) is 12.4 Å². The Morgan fingerprint density at radius 2 is 1.64 bits per heavy atom. The smallest absolute Gasteiger partial charge is 0.210 e. The molecule has 0 aliphatic rings. The molecule has 0 N–H and O–H groups in total. The van der Waals surface area contributed by atoms with Crippen molar-refractivity contribution in [1.29, 1.82) is 0 Å². The maximum atomic E-state index is 12.3. The molecule has 60 valence electrons. The Morgan fingerprint density at radius 1 is 1.18 bits per heavy atom. The minimum Gasteiger partial charge on any atom is -0.210 e. The van der Waals surface area contributed by atoms with Gasteiger partial charge in [-0.3, -0.25) is 0 Å². The largest absolute Gasteiger partial charge is 0.308 e. The fourth-order valence-corrected chi connectivity index (χ4v) is 0.700. The molecule has 0 atom stereocenters. The Kier molecular flexibility index (Phi) is 1.89. The van der Waals surface area contributed by atoms with E-state index in [0.29, 0.717) is 0 Å². The maximum absolute atomic E-state index is 12.3. The molecule has 0 amide bonds. The molecular formula is C8H11FN2. The fraction of sp³-hybridized carbons (Fsp3) is 0.500. The molecule has 1 aromatic rings. The number of rotatable bonds is 0. The van der Waals surface area contributed by atoms with Crippen LogP contribution in [0.4, 0.5) is 4.39 Å². The first-order valence-corrected chi connectivity index (χ1v) is 3.48. The van der Waals surface area contributed by atoms with Gasteiger partial charge in [0.1, 0.15) is 0 Å². The van der Waals surface area contributed by atoms with Crippen LogP contribution in [0.15, 0.2) is 12.4 Å². The summed E-state index contributed by atoms with van der Waals surface area (Å²) in [4.78, 5) is 6.94. The molecule has 0 aliphatic heterocycles. The van der Waals surface area contributed by atoms with Gasteiger partial charge in [0.05, 0.1) is 0 Å². The highest BCUT2D eigenvalue weighted by atomic mass is 18.2. The third-order valence-corrected chi connectivity index (χ3v) is 1.49. The Morgan fingerprint density at radius 3 is 2.00 bits per heavy atom. The third-order valence-electron chi connectivity index (χ3n) is 1.49. The lowest BCUT2D eigenvalue weighted by Gasteiger charge is -2.16. The van der Waals surface area contributed by atoms with Crippen molar-refractivity contribution in [3.63, 3.8) is 0 Å². The quantitative estimate of drug-likeness (QED) is 0.532. The molecule has 0 bridgehead atoms. The summed E-state index contributed by atoms with van der Waals surface area (Å²) in [5, 5.41) is 0. The molecular weight excluding hydrogens is 142 g/mol. The summed E-state index contributed by atoms with van der Waals surface area (Å²) in [6.45, 7) is 6.09. The highest BCUT2D eigenvalue weighted by Gasteiger charge is 2.13. The van der Waals surface area contributed by atoms with Gasteiger partial charge in [-0.2, -0.15) is 4.39 Å². The van der Waals surface area contributed by atoms with E-state index in [2.05, 4.69) is 9.97 Å². The fourth-order valence-electron chi connectivity index (χ4n) is 0.700. The minimum absolute atomic E-state index is 0.00625. The van der Waals surface area contributed by atoms with E-state index in [1.54, 1.807) is 0 Å². The van der Waals surface area contributed by atoms with Crippen LogP contribution in [-0.4, -0.2) is 9.97 Å². The molecule has 0 unspecified atom stereocenters. The lowest BCUT2D eigenvalue weighted by Crippen LogP contribution is -2.12. The first-order chi connectivity index (χ1) is 5.00. The molecule has 1 aromatic heterocycles. The maximum Gasteiger partial charge on any atom is 0.308 e. The van der Waals surface area contributed by atoms with E-state index >= 15 is 0 Å². The molecule has 3 heteroatoms. The van der Waals surface area contributed by atoms with Crippen molar-refractivity contribution in [3.8, 4) is 0 Å². The summed E-state index contributed by atoms with van der Waals surface area (Å²) >= 11 is 0. The molecule has 1 heterocycles. The SMILES string of the molecule is CC(C)(C)c1cnc([18F])nc1. The Bertz CT molecular complexity index is 235. The molecule has 0 spiro atoms. The summed E-state index contributed by atoms with van der Waals surface area (Å²) in [5.74, 6) is 0. The molecule has 0 saturated heterocycles. The van der Waals surface area contributed by atoms with Crippen LogP contribution in [0.1, 0.15) is 26.3 Å². The summed E-state index contributed by atoms with van der Waals surface area (Å²) in [7, 11) is 0. The monoisotopic (exact) mass is 153 g/mol. The zero-order chi connectivity index (χ0) is 8.48. The van der Waals surface area contributed by atoms with E-state index in [1.807, 2.05) is 20.8 Å². The van der Waals surface area contributed by atoms with Crippen LogP contribution in [-0.2, 0) is 5.41 Å². The van der Waals surface area contributed by atoms with Crippen molar-refractivity contribution in [3.05, 3.63) is 24.0 Å². The predicted octanol–water partition coefficient (Wildman–Crippen LogP) is 1.91. The van der Waals surface area contributed by atoms with Crippen molar-refractivity contribution in [1.82, 2.24) is 9.97 Å². The van der Waals surface area contributed by atoms with Crippen molar-refractivity contribution in [2.45, 2.75) is 26.2 Å². The first kappa shape index (κ1) is 8.11. The zero-order valence-corrected chi connectivity index (χ0v) is 6.93. The number of hydrogen-bond donors (Lipinski definition) is 0. The van der Waals surface area contributed by atoms with Gasteiger partial charge < -0.3 is 0 Å². The average molecular weight is 153 g/mol. The Labute approximate surface area is 65.5 Å². The predicted molar refractivity (Wildman–Crippen MR) is 40.7 cm³/mol. The summed E-state index contributed by atoms with van der Waals surface area (Å²) in [5.41, 5.74) is 0.937. The lowest BCUT2D eigenvalue weighted by molar-refractivity contribution is 0.521. The third kappa shape index (κ3) is 1.97. The van der Waals surface area contributed by atoms with Crippen LogP contribution >= 0.6 is 0 Å². The molecule has 0 saturated carbocycles. The van der Waals surface area contributed by atoms with Gasteiger partial charge in [0.25, 0.3) is 0 Å². The summed E-state index contributed by atoms with van der Waals surface area (Å²) in [6, 6.07) is 0. The van der Waals surface area contributed by atoms with Crippen molar-refractivity contribution < 1.29 is 4.39 Å². The van der Waals surface area contributed by atoms with Gasteiger partial charge in [0, 0.05) is 12.4 Å². The van der Waals surface area contributed by atoms with Crippen LogP contribution in [0, 0.1) is 6.08 Å². The number of hydrogen-bond acceptors (Lipinski definition) is 2. The van der Waals surface area contributed by atoms with E-state index in [9.17, 15) is 4.39 Å². The Balaban J connectivity index is 2.99. The van der Waals surface area contributed by atoms with Crippen LogP contribution < -0.4 is 0 Å². The van der Waals surface area contributed by atoms with Gasteiger partial charge in [-0.25, -0.2) is 9.97 Å². The molecule has 0 radical (unpaired) electrons. The second-order valence-electron chi connectivity index (χ2n) is 3.49. The topological polar surface area (TPSA) is 25.8 Å².